The summed E-state index contributed by atoms with van der Waals surface area (Å²) in [5, 5.41) is 0. The van der Waals surface area contributed by atoms with E-state index in [4.69, 9.17) is 14.2 Å². The van der Waals surface area contributed by atoms with Crippen molar-refractivity contribution in [2.45, 2.75) is 284 Å². The smallest absolute Gasteiger partial charge is 0.306 e. The van der Waals surface area contributed by atoms with Gasteiger partial charge >= 0.3 is 17.9 Å². The minimum atomic E-state index is -0.836. The summed E-state index contributed by atoms with van der Waals surface area (Å²) >= 11 is 0. The van der Waals surface area contributed by atoms with Crippen molar-refractivity contribution >= 4 is 17.9 Å². The number of hydrogen-bond acceptors (Lipinski definition) is 6. The maximum absolute atomic E-state index is 12.9. The van der Waals surface area contributed by atoms with E-state index in [9.17, 15) is 14.4 Å². The molecular weight excluding hydrogens is 1020 g/mol. The van der Waals surface area contributed by atoms with Gasteiger partial charge in [-0.25, -0.2) is 0 Å². The number of esters is 3. The molecule has 1 atom stereocenters. The van der Waals surface area contributed by atoms with Gasteiger partial charge in [-0.05, 0) is 141 Å². The Balaban J connectivity index is 4.46. The average Bonchev–Trinajstić information content (AvgIpc) is 3.49. The van der Waals surface area contributed by atoms with Crippen LogP contribution < -0.4 is 0 Å². The summed E-state index contributed by atoms with van der Waals surface area (Å²) in [4.78, 5) is 38.3. The van der Waals surface area contributed by atoms with Crippen molar-refractivity contribution in [3.05, 3.63) is 170 Å². The number of allylic oxidation sites excluding steroid dienone is 28. The Morgan fingerprint density at radius 2 is 0.494 bits per heavy atom. The van der Waals surface area contributed by atoms with Crippen LogP contribution in [0.1, 0.15) is 278 Å². The molecule has 0 radical (unpaired) electrons. The van der Waals surface area contributed by atoms with Crippen LogP contribution in [0.2, 0.25) is 0 Å². The van der Waals surface area contributed by atoms with E-state index in [1.807, 2.05) is 12.2 Å². The molecule has 0 fully saturated rings. The predicted molar refractivity (Wildman–Crippen MR) is 361 cm³/mol. The van der Waals surface area contributed by atoms with Crippen LogP contribution in [0.5, 0.6) is 0 Å². The van der Waals surface area contributed by atoms with E-state index >= 15 is 0 Å². The molecule has 0 saturated carbocycles. The zero-order valence-corrected chi connectivity index (χ0v) is 53.4. The molecule has 0 spiro atoms. The van der Waals surface area contributed by atoms with Gasteiger partial charge in [0.05, 0.1) is 0 Å². The van der Waals surface area contributed by atoms with Crippen LogP contribution >= 0.6 is 0 Å². The highest BCUT2D eigenvalue weighted by molar-refractivity contribution is 5.71. The molecule has 0 aromatic rings. The van der Waals surface area contributed by atoms with Gasteiger partial charge in [-0.2, -0.15) is 0 Å². The largest absolute Gasteiger partial charge is 0.462 e. The van der Waals surface area contributed by atoms with Gasteiger partial charge in [0.15, 0.2) is 6.10 Å². The van der Waals surface area contributed by atoms with Crippen LogP contribution in [0.15, 0.2) is 170 Å². The molecule has 0 aromatic carbocycles. The first kappa shape index (κ1) is 77.8. The van der Waals surface area contributed by atoms with Crippen LogP contribution in [0.25, 0.3) is 0 Å². The number of carbonyl (C=O) groups excluding carboxylic acids is 3. The molecular formula is C77H122O6. The van der Waals surface area contributed by atoms with Crippen LogP contribution in [0.4, 0.5) is 0 Å². The van der Waals surface area contributed by atoms with E-state index in [2.05, 4.69) is 179 Å². The van der Waals surface area contributed by atoms with Crippen molar-refractivity contribution in [2.24, 2.45) is 0 Å². The normalized spacial score (nSPS) is 13.2. The molecule has 6 nitrogen and oxygen atoms in total. The average molecular weight is 1140 g/mol. The molecule has 0 rings (SSSR count). The van der Waals surface area contributed by atoms with E-state index in [1.54, 1.807) is 0 Å². The maximum atomic E-state index is 12.9. The van der Waals surface area contributed by atoms with E-state index < -0.39 is 6.10 Å². The fourth-order valence-corrected chi connectivity index (χ4v) is 8.74. The highest BCUT2D eigenvalue weighted by Gasteiger charge is 2.19. The molecule has 466 valence electrons. The van der Waals surface area contributed by atoms with Crippen molar-refractivity contribution in [1.82, 2.24) is 0 Å². The number of carbonyl (C=O) groups is 3. The summed E-state index contributed by atoms with van der Waals surface area (Å²) in [5.41, 5.74) is 0. The van der Waals surface area contributed by atoms with Crippen LogP contribution in [0.3, 0.4) is 0 Å². The van der Waals surface area contributed by atoms with Gasteiger partial charge in [-0.15, -0.1) is 0 Å². The molecule has 0 aromatic heterocycles. The third-order valence-corrected chi connectivity index (χ3v) is 13.7. The zero-order valence-electron chi connectivity index (χ0n) is 53.4. The molecule has 0 aliphatic rings. The van der Waals surface area contributed by atoms with E-state index in [-0.39, 0.29) is 44.0 Å². The van der Waals surface area contributed by atoms with Gasteiger partial charge in [0.25, 0.3) is 0 Å². The fourth-order valence-electron chi connectivity index (χ4n) is 8.74. The molecule has 0 bridgehead atoms. The van der Waals surface area contributed by atoms with E-state index in [1.165, 1.54) is 109 Å². The summed E-state index contributed by atoms with van der Waals surface area (Å²) in [6, 6.07) is 0. The summed E-state index contributed by atoms with van der Waals surface area (Å²) in [6.07, 6.45) is 102. The monoisotopic (exact) mass is 1140 g/mol. The highest BCUT2D eigenvalue weighted by atomic mass is 16.6. The first-order valence-electron chi connectivity index (χ1n) is 33.6. The minimum Gasteiger partial charge on any atom is -0.462 e. The molecule has 0 heterocycles. The quantitative estimate of drug-likeness (QED) is 0.0261. The Morgan fingerprint density at radius 1 is 0.253 bits per heavy atom. The molecule has 1 unspecified atom stereocenters. The molecule has 6 heteroatoms. The van der Waals surface area contributed by atoms with Crippen LogP contribution in [-0.2, 0) is 28.6 Å². The van der Waals surface area contributed by atoms with Crippen molar-refractivity contribution in [2.75, 3.05) is 13.2 Å². The molecule has 0 amide bonds. The van der Waals surface area contributed by atoms with Gasteiger partial charge in [0.1, 0.15) is 13.2 Å². The van der Waals surface area contributed by atoms with E-state index in [0.29, 0.717) is 19.3 Å². The Labute approximate surface area is 511 Å². The van der Waals surface area contributed by atoms with Gasteiger partial charge < -0.3 is 14.2 Å². The van der Waals surface area contributed by atoms with Gasteiger partial charge in [-0.3, -0.25) is 14.4 Å². The zero-order chi connectivity index (χ0) is 59.9. The second kappa shape index (κ2) is 69.3. The lowest BCUT2D eigenvalue weighted by Crippen LogP contribution is -2.30. The van der Waals surface area contributed by atoms with Gasteiger partial charge in [0, 0.05) is 19.3 Å². The molecule has 0 saturated heterocycles. The SMILES string of the molecule is CC/C=C\C/C=C\C/C=C\C/C=C\C/C=C\C/C=C\C/C=C\C/C=C\CCCCC(=O)OCC(COC(=O)CC/C=C\C/C=C\C/C=C\C/C=C\CC)OC(=O)CCCCCCCCCCCCCCC/C=C\C/C=C\CCCCCCC. The Bertz CT molecular complexity index is 1890. The minimum absolute atomic E-state index is 0.130. The first-order chi connectivity index (χ1) is 41.0. The highest BCUT2D eigenvalue weighted by Crippen LogP contribution is 2.15. The molecule has 0 aliphatic carbocycles. The van der Waals surface area contributed by atoms with Crippen molar-refractivity contribution in [3.63, 3.8) is 0 Å². The predicted octanol–water partition coefficient (Wildman–Crippen LogP) is 23.4. The first-order valence-corrected chi connectivity index (χ1v) is 33.6. The van der Waals surface area contributed by atoms with Crippen molar-refractivity contribution in [1.29, 1.82) is 0 Å². The third kappa shape index (κ3) is 67.4. The van der Waals surface area contributed by atoms with E-state index in [0.717, 1.165) is 116 Å². The summed E-state index contributed by atoms with van der Waals surface area (Å²) in [5.74, 6) is -1.06. The second-order valence-electron chi connectivity index (χ2n) is 21.6. The topological polar surface area (TPSA) is 78.9 Å². The molecule has 0 aliphatic heterocycles. The summed E-state index contributed by atoms with van der Waals surface area (Å²) in [7, 11) is 0. The number of hydrogen-bond donors (Lipinski definition) is 0. The van der Waals surface area contributed by atoms with Crippen LogP contribution in [-0.4, -0.2) is 37.2 Å². The number of ether oxygens (including phenoxy) is 3. The molecule has 0 N–H and O–H groups in total. The maximum Gasteiger partial charge on any atom is 0.306 e. The van der Waals surface area contributed by atoms with Crippen molar-refractivity contribution in [3.8, 4) is 0 Å². The standard InChI is InChI=1S/C77H122O6/c1-4-7-10-13-16-19-22-25-27-29-31-33-35-37-38-40-41-43-45-47-49-52-55-58-61-64-67-70-76(79)82-73-74(72-81-75(78)69-66-63-60-57-54-51-24-21-18-15-12-9-6-3)83-77(80)71-68-65-62-59-56-53-50-48-46-44-42-39-36-34-32-30-28-26-23-20-17-14-11-8-5-2/h7,9-10,12,16,18-19,21,23,25-27,30-33,37-38,41,43,47,49,51,54-55,58,60,63,74H,4-6,8,11,13-15,17,20,22,24,28-29,34-36,39-40,42,44-46,48,50,52-53,56-57,59,61-62,64-73H2,1-3H3/b10-7-,12-9-,19-16-,21-18-,26-23-,27-25-,32-30-,33-31-,38-37-,43-41-,49-47-,54-51-,58-55-,63-60-. The Hall–Kier alpha value is -5.23. The lowest BCUT2D eigenvalue weighted by molar-refractivity contribution is -0.166. The Kier molecular flexibility index (Phi) is 64.9. The lowest BCUT2D eigenvalue weighted by Gasteiger charge is -2.18. The molecule has 83 heavy (non-hydrogen) atoms. The summed E-state index contributed by atoms with van der Waals surface area (Å²) < 4.78 is 16.8. The van der Waals surface area contributed by atoms with Gasteiger partial charge in [-0.1, -0.05) is 287 Å². The third-order valence-electron chi connectivity index (χ3n) is 13.7. The van der Waals surface area contributed by atoms with Crippen LogP contribution in [0, 0.1) is 0 Å². The second-order valence-corrected chi connectivity index (χ2v) is 21.6. The fraction of sp³-hybridized carbons (Fsp3) is 0.597. The number of rotatable bonds is 59. The number of unbranched alkanes of at least 4 members (excludes halogenated alkanes) is 20. The van der Waals surface area contributed by atoms with Gasteiger partial charge in [0.2, 0.25) is 0 Å². The summed E-state index contributed by atoms with van der Waals surface area (Å²) in [6.45, 7) is 6.30. The lowest BCUT2D eigenvalue weighted by atomic mass is 10.0. The Morgan fingerprint density at radius 3 is 0.831 bits per heavy atom. The van der Waals surface area contributed by atoms with Crippen molar-refractivity contribution < 1.29 is 28.6 Å².